The van der Waals surface area contributed by atoms with Gasteiger partial charge in [0, 0.05) is 5.56 Å². The summed E-state index contributed by atoms with van der Waals surface area (Å²) in [5.74, 6) is -1.66. The molecule has 0 aliphatic heterocycles. The van der Waals surface area contributed by atoms with Crippen molar-refractivity contribution < 1.29 is 14.3 Å². The molecule has 23 heavy (non-hydrogen) atoms. The largest absolute Gasteiger partial charge is 0.476 e. The van der Waals surface area contributed by atoms with Crippen molar-refractivity contribution in [2.24, 2.45) is 0 Å². The Hall–Kier alpha value is -3.02. The lowest BCUT2D eigenvalue weighted by Crippen LogP contribution is -2.05. The maximum absolute atomic E-state index is 13.6. The topological polar surface area (TPSA) is 68.0 Å². The van der Waals surface area contributed by atoms with Crippen molar-refractivity contribution in [1.82, 2.24) is 15.0 Å². The van der Waals surface area contributed by atoms with Crippen molar-refractivity contribution in [1.29, 1.82) is 0 Å². The minimum atomic E-state index is -1.21. The van der Waals surface area contributed by atoms with E-state index in [2.05, 4.69) is 10.3 Å². The van der Waals surface area contributed by atoms with E-state index < -0.39 is 11.8 Å². The predicted molar refractivity (Wildman–Crippen MR) is 83.2 cm³/mol. The molecule has 0 amide bonds. The minimum Gasteiger partial charge on any atom is -0.476 e. The van der Waals surface area contributed by atoms with Gasteiger partial charge in [-0.05, 0) is 43.2 Å². The Morgan fingerprint density at radius 1 is 1.17 bits per heavy atom. The predicted octanol–water partition coefficient (Wildman–Crippen LogP) is 3.39. The first-order valence-corrected chi connectivity index (χ1v) is 7.00. The number of benzene rings is 2. The number of hydrogen-bond donors (Lipinski definition) is 1. The van der Waals surface area contributed by atoms with E-state index in [-0.39, 0.29) is 11.4 Å². The summed E-state index contributed by atoms with van der Waals surface area (Å²) in [5, 5.41) is 17.1. The molecule has 0 radical (unpaired) electrons. The standard InChI is InChI=1S/C17H14FN3O2/c1-10-6-7-11(2)14(8-10)21-16(15(17(22)23)19-20-21)12-4-3-5-13(18)9-12/h3-9H,1-2H3,(H,22,23). The van der Waals surface area contributed by atoms with Gasteiger partial charge in [-0.15, -0.1) is 5.10 Å². The van der Waals surface area contributed by atoms with Crippen LogP contribution in [0.4, 0.5) is 4.39 Å². The zero-order valence-corrected chi connectivity index (χ0v) is 12.6. The van der Waals surface area contributed by atoms with E-state index in [4.69, 9.17) is 0 Å². The summed E-state index contributed by atoms with van der Waals surface area (Å²) >= 11 is 0. The first-order chi connectivity index (χ1) is 11.0. The Kier molecular flexibility index (Phi) is 3.65. The lowest BCUT2D eigenvalue weighted by atomic mass is 10.1. The Bertz CT molecular complexity index is 903. The van der Waals surface area contributed by atoms with Crippen molar-refractivity contribution in [3.8, 4) is 16.9 Å². The van der Waals surface area contributed by atoms with E-state index in [9.17, 15) is 14.3 Å². The number of aromatic nitrogens is 3. The molecule has 5 nitrogen and oxygen atoms in total. The number of nitrogens with zero attached hydrogens (tertiary/aromatic N) is 3. The normalized spacial score (nSPS) is 10.7. The number of halogens is 1. The Balaban J connectivity index is 2.31. The van der Waals surface area contributed by atoms with Crippen LogP contribution in [0.1, 0.15) is 21.6 Å². The summed E-state index contributed by atoms with van der Waals surface area (Å²) in [7, 11) is 0. The summed E-state index contributed by atoms with van der Waals surface area (Å²) in [6.07, 6.45) is 0. The monoisotopic (exact) mass is 311 g/mol. The quantitative estimate of drug-likeness (QED) is 0.805. The maximum atomic E-state index is 13.6. The van der Waals surface area contributed by atoms with Gasteiger partial charge in [0.1, 0.15) is 11.5 Å². The molecular formula is C17H14FN3O2. The van der Waals surface area contributed by atoms with Gasteiger partial charge >= 0.3 is 5.97 Å². The summed E-state index contributed by atoms with van der Waals surface area (Å²) in [4.78, 5) is 11.5. The highest BCUT2D eigenvalue weighted by molar-refractivity contribution is 5.93. The van der Waals surface area contributed by atoms with Crippen LogP contribution >= 0.6 is 0 Å². The number of carboxylic acids is 1. The molecule has 0 fully saturated rings. The van der Waals surface area contributed by atoms with Gasteiger partial charge in [-0.2, -0.15) is 0 Å². The minimum absolute atomic E-state index is 0.212. The molecule has 0 bridgehead atoms. The van der Waals surface area contributed by atoms with Crippen LogP contribution in [0.2, 0.25) is 0 Å². The van der Waals surface area contributed by atoms with Gasteiger partial charge in [0.05, 0.1) is 5.69 Å². The zero-order chi connectivity index (χ0) is 16.6. The number of carbonyl (C=O) groups is 1. The highest BCUT2D eigenvalue weighted by atomic mass is 19.1. The zero-order valence-electron chi connectivity index (χ0n) is 12.6. The highest BCUT2D eigenvalue weighted by Gasteiger charge is 2.22. The first-order valence-electron chi connectivity index (χ1n) is 7.00. The third kappa shape index (κ3) is 2.70. The van der Waals surface area contributed by atoms with Crippen molar-refractivity contribution in [3.63, 3.8) is 0 Å². The molecule has 3 aromatic rings. The van der Waals surface area contributed by atoms with Crippen molar-refractivity contribution in [3.05, 3.63) is 65.1 Å². The summed E-state index contributed by atoms with van der Waals surface area (Å²) in [5.41, 5.74) is 3.08. The average molecular weight is 311 g/mol. The molecule has 3 rings (SSSR count). The third-order valence-corrected chi connectivity index (χ3v) is 3.56. The molecular weight excluding hydrogens is 297 g/mol. The van der Waals surface area contributed by atoms with Gasteiger partial charge in [-0.25, -0.2) is 13.9 Å². The molecule has 0 spiro atoms. The molecule has 1 aromatic heterocycles. The van der Waals surface area contributed by atoms with Gasteiger partial charge in [-0.3, -0.25) is 0 Å². The lowest BCUT2D eigenvalue weighted by molar-refractivity contribution is 0.0691. The van der Waals surface area contributed by atoms with E-state index >= 15 is 0 Å². The summed E-state index contributed by atoms with van der Waals surface area (Å²) < 4.78 is 15.0. The first kappa shape index (κ1) is 14.9. The fourth-order valence-corrected chi connectivity index (χ4v) is 2.44. The third-order valence-electron chi connectivity index (χ3n) is 3.56. The van der Waals surface area contributed by atoms with Crippen LogP contribution in [-0.4, -0.2) is 26.1 Å². The second-order valence-corrected chi connectivity index (χ2v) is 5.30. The number of aryl methyl sites for hydroxylation is 2. The number of hydrogen-bond acceptors (Lipinski definition) is 3. The highest BCUT2D eigenvalue weighted by Crippen LogP contribution is 2.27. The molecule has 2 aromatic carbocycles. The number of carboxylic acid groups (broad SMARTS) is 1. The SMILES string of the molecule is Cc1ccc(C)c(-n2nnc(C(=O)O)c2-c2cccc(F)c2)c1. The smallest absolute Gasteiger partial charge is 0.358 e. The van der Waals surface area contributed by atoms with Crippen LogP contribution in [0, 0.1) is 19.7 Å². The van der Waals surface area contributed by atoms with E-state index in [0.717, 1.165) is 11.1 Å². The molecule has 1 heterocycles. The maximum Gasteiger partial charge on any atom is 0.358 e. The van der Waals surface area contributed by atoms with E-state index in [1.807, 2.05) is 32.0 Å². The van der Waals surface area contributed by atoms with Gasteiger partial charge < -0.3 is 5.11 Å². The fourth-order valence-electron chi connectivity index (χ4n) is 2.44. The lowest BCUT2D eigenvalue weighted by Gasteiger charge is -2.11. The van der Waals surface area contributed by atoms with Gasteiger partial charge in [0.15, 0.2) is 5.69 Å². The van der Waals surface area contributed by atoms with Crippen molar-refractivity contribution in [2.45, 2.75) is 13.8 Å². The van der Waals surface area contributed by atoms with Crippen LogP contribution in [-0.2, 0) is 0 Å². The molecule has 0 unspecified atom stereocenters. The molecule has 0 saturated carbocycles. The van der Waals surface area contributed by atoms with Crippen LogP contribution in [0.15, 0.2) is 42.5 Å². The van der Waals surface area contributed by atoms with Crippen LogP contribution in [0.3, 0.4) is 0 Å². The summed E-state index contributed by atoms with van der Waals surface area (Å²) in [6.45, 7) is 3.83. The average Bonchev–Trinajstić information content (AvgIpc) is 2.94. The van der Waals surface area contributed by atoms with E-state index in [1.165, 1.54) is 22.9 Å². The Morgan fingerprint density at radius 2 is 1.96 bits per heavy atom. The van der Waals surface area contributed by atoms with Crippen LogP contribution < -0.4 is 0 Å². The molecule has 6 heteroatoms. The van der Waals surface area contributed by atoms with Gasteiger partial charge in [-0.1, -0.05) is 29.5 Å². The van der Waals surface area contributed by atoms with Gasteiger partial charge in [0.25, 0.3) is 0 Å². The van der Waals surface area contributed by atoms with Crippen molar-refractivity contribution >= 4 is 5.97 Å². The molecule has 0 saturated heterocycles. The summed E-state index contributed by atoms with van der Waals surface area (Å²) in [6, 6.07) is 11.5. The molecule has 0 atom stereocenters. The molecule has 116 valence electrons. The fraction of sp³-hybridized carbons (Fsp3) is 0.118. The number of rotatable bonds is 3. The van der Waals surface area contributed by atoms with Crippen LogP contribution in [0.25, 0.3) is 16.9 Å². The Labute approximate surface area is 132 Å². The Morgan fingerprint density at radius 3 is 2.65 bits per heavy atom. The van der Waals surface area contributed by atoms with Crippen molar-refractivity contribution in [2.75, 3.05) is 0 Å². The van der Waals surface area contributed by atoms with Crippen LogP contribution in [0.5, 0.6) is 0 Å². The van der Waals surface area contributed by atoms with E-state index in [0.29, 0.717) is 11.3 Å². The second kappa shape index (κ2) is 5.64. The number of aromatic carboxylic acids is 1. The molecule has 0 aliphatic carbocycles. The van der Waals surface area contributed by atoms with E-state index in [1.54, 1.807) is 6.07 Å². The molecule has 0 aliphatic rings. The van der Waals surface area contributed by atoms with Gasteiger partial charge in [0.2, 0.25) is 0 Å². The second-order valence-electron chi connectivity index (χ2n) is 5.30. The molecule has 1 N–H and O–H groups in total.